The minimum atomic E-state index is -0.546. The van der Waals surface area contributed by atoms with Crippen LogP contribution in [0.4, 0.5) is 0 Å². The van der Waals surface area contributed by atoms with Crippen LogP contribution in [0.1, 0.15) is 35.2 Å². The lowest BCUT2D eigenvalue weighted by atomic mass is 10.0. The number of piperazine rings is 1. The average Bonchev–Trinajstić information content (AvgIpc) is 3.05. The molecule has 1 aromatic carbocycles. The van der Waals surface area contributed by atoms with E-state index >= 15 is 0 Å². The standard InChI is InChI=1S/C22H30N6O4/c1-25-9-11-26(12-10-25)7-2-3-8-27-20(29)15-28(22(27)31)24-18-6-13-32-19-5-4-16(21(23)30)14-17(18)19/h4-5,14-15,29H,2-3,6-13H2,1H3,(H2,23,30)/b24-18+. The Morgan fingerprint density at radius 2 is 1.94 bits per heavy atom. The molecule has 32 heavy (non-hydrogen) atoms. The molecule has 2 aliphatic heterocycles. The maximum atomic E-state index is 12.8. The van der Waals surface area contributed by atoms with E-state index in [0.29, 0.717) is 42.2 Å². The molecule has 0 radical (unpaired) electrons. The van der Waals surface area contributed by atoms with E-state index in [1.165, 1.54) is 10.8 Å². The molecule has 2 aliphatic rings. The van der Waals surface area contributed by atoms with E-state index in [2.05, 4.69) is 21.9 Å². The van der Waals surface area contributed by atoms with Crippen molar-refractivity contribution in [2.24, 2.45) is 10.8 Å². The molecule has 0 saturated carbocycles. The number of nitrogens with zero attached hydrogens (tertiary/aromatic N) is 5. The molecular formula is C22H30N6O4. The zero-order valence-corrected chi connectivity index (χ0v) is 18.4. The maximum Gasteiger partial charge on any atom is 0.351 e. The van der Waals surface area contributed by atoms with Crippen LogP contribution in [-0.4, -0.2) is 82.1 Å². The Hall–Kier alpha value is -3.11. The summed E-state index contributed by atoms with van der Waals surface area (Å²) in [6.45, 7) is 6.14. The number of hydrogen-bond donors (Lipinski definition) is 2. The van der Waals surface area contributed by atoms with Crippen molar-refractivity contribution in [1.29, 1.82) is 0 Å². The van der Waals surface area contributed by atoms with E-state index in [1.54, 1.807) is 18.2 Å². The molecule has 0 unspecified atom stereocenters. The van der Waals surface area contributed by atoms with Crippen LogP contribution in [0.3, 0.4) is 0 Å². The second-order valence-electron chi connectivity index (χ2n) is 8.34. The van der Waals surface area contributed by atoms with Gasteiger partial charge in [-0.2, -0.15) is 9.78 Å². The Labute approximate surface area is 186 Å². The van der Waals surface area contributed by atoms with Crippen LogP contribution in [-0.2, 0) is 6.54 Å². The van der Waals surface area contributed by atoms with Crippen LogP contribution < -0.4 is 16.2 Å². The largest absolute Gasteiger partial charge is 0.493 e. The van der Waals surface area contributed by atoms with Gasteiger partial charge in [-0.1, -0.05) is 0 Å². The summed E-state index contributed by atoms with van der Waals surface area (Å²) in [6, 6.07) is 4.90. The van der Waals surface area contributed by atoms with Gasteiger partial charge in [-0.05, 0) is 44.6 Å². The number of hydrogen-bond acceptors (Lipinski definition) is 7. The summed E-state index contributed by atoms with van der Waals surface area (Å²) in [5, 5.41) is 14.7. The summed E-state index contributed by atoms with van der Waals surface area (Å²) in [5.41, 5.74) is 6.56. The molecule has 10 heteroatoms. The lowest BCUT2D eigenvalue weighted by Gasteiger charge is -2.32. The summed E-state index contributed by atoms with van der Waals surface area (Å²) in [6.07, 6.45) is 3.54. The van der Waals surface area contributed by atoms with Crippen molar-refractivity contribution in [3.8, 4) is 11.6 Å². The number of likely N-dealkylation sites (N-methyl/N-ethyl adjacent to an activating group) is 1. The molecule has 1 aromatic heterocycles. The van der Waals surface area contributed by atoms with Gasteiger partial charge < -0.3 is 25.4 Å². The van der Waals surface area contributed by atoms with Crippen LogP contribution in [0.5, 0.6) is 11.6 Å². The Balaban J connectivity index is 1.44. The summed E-state index contributed by atoms with van der Waals surface area (Å²) in [7, 11) is 2.14. The highest BCUT2D eigenvalue weighted by Gasteiger charge is 2.20. The zero-order valence-electron chi connectivity index (χ0n) is 18.4. The van der Waals surface area contributed by atoms with Crippen molar-refractivity contribution in [3.63, 3.8) is 0 Å². The van der Waals surface area contributed by atoms with Gasteiger partial charge >= 0.3 is 5.69 Å². The van der Waals surface area contributed by atoms with E-state index in [4.69, 9.17) is 10.5 Å². The fourth-order valence-electron chi connectivity index (χ4n) is 4.08. The van der Waals surface area contributed by atoms with Gasteiger partial charge in [0.2, 0.25) is 11.8 Å². The monoisotopic (exact) mass is 442 g/mol. The number of unbranched alkanes of at least 4 members (excludes halogenated alkanes) is 1. The highest BCUT2D eigenvalue weighted by Crippen LogP contribution is 2.26. The van der Waals surface area contributed by atoms with Gasteiger partial charge in [0.1, 0.15) is 5.75 Å². The van der Waals surface area contributed by atoms with Crippen molar-refractivity contribution < 1.29 is 14.6 Å². The number of aromatic nitrogens is 2. The van der Waals surface area contributed by atoms with Crippen molar-refractivity contribution in [2.45, 2.75) is 25.8 Å². The Morgan fingerprint density at radius 1 is 1.19 bits per heavy atom. The first-order valence-electron chi connectivity index (χ1n) is 11.0. The number of fused-ring (bicyclic) bond motifs is 1. The van der Waals surface area contributed by atoms with Gasteiger partial charge in [0.15, 0.2) is 0 Å². The van der Waals surface area contributed by atoms with E-state index in [1.807, 2.05) is 0 Å². The first-order valence-corrected chi connectivity index (χ1v) is 11.0. The first-order chi connectivity index (χ1) is 15.4. The van der Waals surface area contributed by atoms with Crippen LogP contribution in [0, 0.1) is 0 Å². The van der Waals surface area contributed by atoms with E-state index in [-0.39, 0.29) is 5.88 Å². The van der Waals surface area contributed by atoms with Crippen LogP contribution in [0.2, 0.25) is 0 Å². The smallest absolute Gasteiger partial charge is 0.351 e. The van der Waals surface area contributed by atoms with Gasteiger partial charge in [0.25, 0.3) is 0 Å². The Morgan fingerprint density at radius 3 is 2.69 bits per heavy atom. The van der Waals surface area contributed by atoms with Crippen LogP contribution in [0.25, 0.3) is 0 Å². The van der Waals surface area contributed by atoms with Crippen molar-refractivity contribution in [1.82, 2.24) is 19.0 Å². The summed E-state index contributed by atoms with van der Waals surface area (Å²) < 4.78 is 8.12. The second kappa shape index (κ2) is 9.58. The number of imidazole rings is 1. The third-order valence-electron chi connectivity index (χ3n) is 6.04. The fraction of sp³-hybridized carbons (Fsp3) is 0.500. The maximum absolute atomic E-state index is 12.8. The molecule has 3 heterocycles. The van der Waals surface area contributed by atoms with Crippen molar-refractivity contribution in [2.75, 3.05) is 46.4 Å². The highest BCUT2D eigenvalue weighted by molar-refractivity contribution is 6.05. The summed E-state index contributed by atoms with van der Waals surface area (Å²) in [4.78, 5) is 29.1. The molecule has 1 fully saturated rings. The number of ether oxygens (including phenoxy) is 1. The summed E-state index contributed by atoms with van der Waals surface area (Å²) in [5.74, 6) is -0.0759. The molecule has 0 bridgehead atoms. The lowest BCUT2D eigenvalue weighted by Crippen LogP contribution is -2.44. The fourth-order valence-corrected chi connectivity index (χ4v) is 4.08. The quantitative estimate of drug-likeness (QED) is 0.604. The highest BCUT2D eigenvalue weighted by atomic mass is 16.5. The van der Waals surface area contributed by atoms with Crippen LogP contribution in [0.15, 0.2) is 34.3 Å². The minimum Gasteiger partial charge on any atom is -0.493 e. The molecule has 0 aliphatic carbocycles. The van der Waals surface area contributed by atoms with E-state index < -0.39 is 11.6 Å². The molecule has 1 amide bonds. The van der Waals surface area contributed by atoms with Gasteiger partial charge in [0, 0.05) is 50.3 Å². The Kier molecular flexibility index (Phi) is 6.61. The number of primary amides is 1. The minimum absolute atomic E-state index is 0.114. The molecule has 172 valence electrons. The van der Waals surface area contributed by atoms with E-state index in [9.17, 15) is 14.7 Å². The SMILES string of the molecule is CN1CCN(CCCCn2c(O)cn(/N=C3\CCOc4ccc(C(N)=O)cc43)c2=O)CC1. The molecule has 0 spiro atoms. The number of nitrogens with two attached hydrogens (primary N) is 1. The van der Waals surface area contributed by atoms with Crippen molar-refractivity contribution in [3.05, 3.63) is 46.0 Å². The molecule has 10 nitrogen and oxygen atoms in total. The number of carbonyl (C=O) groups excluding carboxylic acids is 1. The number of carbonyl (C=O) groups is 1. The molecule has 2 aromatic rings. The number of benzene rings is 1. The van der Waals surface area contributed by atoms with Crippen molar-refractivity contribution >= 4 is 11.6 Å². The van der Waals surface area contributed by atoms with E-state index in [0.717, 1.165) is 50.2 Å². The third kappa shape index (κ3) is 4.86. The predicted octanol–water partition coefficient (Wildman–Crippen LogP) is 0.517. The molecule has 4 rings (SSSR count). The van der Waals surface area contributed by atoms with Gasteiger partial charge in [-0.15, -0.1) is 0 Å². The zero-order chi connectivity index (χ0) is 22.7. The van der Waals surface area contributed by atoms with Gasteiger partial charge in [-0.3, -0.25) is 9.36 Å². The molecule has 1 saturated heterocycles. The summed E-state index contributed by atoms with van der Waals surface area (Å²) >= 11 is 0. The predicted molar refractivity (Wildman–Crippen MR) is 121 cm³/mol. The normalized spacial score (nSPS) is 18.5. The number of rotatable bonds is 7. The number of aromatic hydroxyl groups is 1. The number of amides is 1. The lowest BCUT2D eigenvalue weighted by molar-refractivity contribution is 0.1000. The van der Waals surface area contributed by atoms with Crippen LogP contribution >= 0.6 is 0 Å². The molecule has 3 N–H and O–H groups in total. The topological polar surface area (TPSA) is 118 Å². The Bertz CT molecular complexity index is 1060. The third-order valence-corrected chi connectivity index (χ3v) is 6.04. The average molecular weight is 443 g/mol. The molecule has 0 atom stereocenters. The molecular weight excluding hydrogens is 412 g/mol. The van der Waals surface area contributed by atoms with Gasteiger partial charge in [0.05, 0.1) is 18.5 Å². The van der Waals surface area contributed by atoms with Gasteiger partial charge in [-0.25, -0.2) is 4.79 Å². The second-order valence-corrected chi connectivity index (χ2v) is 8.34. The first kappa shape index (κ1) is 22.1.